The first-order valence-electron chi connectivity index (χ1n) is 6.06. The molecule has 2 aromatic carbocycles. The van der Waals surface area contributed by atoms with Crippen molar-refractivity contribution in [1.82, 2.24) is 5.32 Å². The van der Waals surface area contributed by atoms with E-state index < -0.39 is 15.7 Å². The van der Waals surface area contributed by atoms with Crippen LogP contribution in [-0.2, 0) is 0 Å². The molecule has 2 nitrogen and oxygen atoms in total. The molecule has 0 bridgehead atoms. The van der Waals surface area contributed by atoms with Gasteiger partial charge in [-0.3, -0.25) is 4.79 Å². The van der Waals surface area contributed by atoms with E-state index in [-0.39, 0.29) is 5.91 Å². The standard InChI is InChI=1S/C15H11Cl3FNO/c16-15(17,18)13(10-6-8-12(19)9-7-10)20-14(21)11-4-2-1-3-5-11/h1-9,13H,(H,20,21)/t13-/m0/s1. The van der Waals surface area contributed by atoms with E-state index >= 15 is 0 Å². The molecule has 2 aromatic rings. The molecule has 0 aliphatic rings. The molecule has 1 amide bonds. The van der Waals surface area contributed by atoms with E-state index in [9.17, 15) is 9.18 Å². The van der Waals surface area contributed by atoms with E-state index in [1.165, 1.54) is 24.3 Å². The van der Waals surface area contributed by atoms with Gasteiger partial charge in [0.25, 0.3) is 5.91 Å². The molecule has 0 aliphatic heterocycles. The van der Waals surface area contributed by atoms with Gasteiger partial charge >= 0.3 is 0 Å². The number of amides is 1. The third-order valence-electron chi connectivity index (χ3n) is 2.84. The number of hydrogen-bond donors (Lipinski definition) is 1. The van der Waals surface area contributed by atoms with E-state index in [2.05, 4.69) is 5.32 Å². The van der Waals surface area contributed by atoms with Gasteiger partial charge in [-0.1, -0.05) is 65.1 Å². The predicted molar refractivity (Wildman–Crippen MR) is 83.3 cm³/mol. The zero-order valence-electron chi connectivity index (χ0n) is 10.7. The summed E-state index contributed by atoms with van der Waals surface area (Å²) in [6.45, 7) is 0. The average Bonchev–Trinajstić information content (AvgIpc) is 2.45. The maximum Gasteiger partial charge on any atom is 0.251 e. The van der Waals surface area contributed by atoms with Crippen LogP contribution in [-0.4, -0.2) is 9.70 Å². The molecular weight excluding hydrogens is 336 g/mol. The van der Waals surface area contributed by atoms with Gasteiger partial charge in [0.15, 0.2) is 0 Å². The largest absolute Gasteiger partial charge is 0.341 e. The van der Waals surface area contributed by atoms with Crippen molar-refractivity contribution < 1.29 is 9.18 Å². The highest BCUT2D eigenvalue weighted by molar-refractivity contribution is 6.68. The lowest BCUT2D eigenvalue weighted by Crippen LogP contribution is -2.36. The lowest BCUT2D eigenvalue weighted by molar-refractivity contribution is 0.0937. The van der Waals surface area contributed by atoms with Crippen molar-refractivity contribution in [2.45, 2.75) is 9.83 Å². The Morgan fingerprint density at radius 3 is 2.10 bits per heavy atom. The minimum atomic E-state index is -1.76. The number of carbonyl (C=O) groups excluding carboxylic acids is 1. The molecule has 21 heavy (non-hydrogen) atoms. The molecular formula is C15H11Cl3FNO. The Hall–Kier alpha value is -1.29. The first-order valence-corrected chi connectivity index (χ1v) is 7.19. The van der Waals surface area contributed by atoms with Crippen molar-refractivity contribution in [2.75, 3.05) is 0 Å². The fourth-order valence-corrected chi connectivity index (χ4v) is 2.35. The number of nitrogens with one attached hydrogen (secondary N) is 1. The minimum Gasteiger partial charge on any atom is -0.341 e. The molecule has 0 fully saturated rings. The summed E-state index contributed by atoms with van der Waals surface area (Å²) in [6.07, 6.45) is 0. The number of benzene rings is 2. The zero-order chi connectivity index (χ0) is 15.5. The van der Waals surface area contributed by atoms with E-state index in [0.29, 0.717) is 11.1 Å². The van der Waals surface area contributed by atoms with Gasteiger partial charge in [0, 0.05) is 5.56 Å². The van der Waals surface area contributed by atoms with Crippen LogP contribution in [0.25, 0.3) is 0 Å². The van der Waals surface area contributed by atoms with Crippen LogP contribution in [0.4, 0.5) is 4.39 Å². The second-order valence-corrected chi connectivity index (χ2v) is 6.73. The Morgan fingerprint density at radius 1 is 1.00 bits per heavy atom. The van der Waals surface area contributed by atoms with Crippen molar-refractivity contribution in [3.05, 3.63) is 71.5 Å². The van der Waals surface area contributed by atoms with Crippen LogP contribution in [0, 0.1) is 5.82 Å². The maximum atomic E-state index is 13.0. The molecule has 0 radical (unpaired) electrons. The highest BCUT2D eigenvalue weighted by Crippen LogP contribution is 2.40. The fraction of sp³-hybridized carbons (Fsp3) is 0.133. The highest BCUT2D eigenvalue weighted by atomic mass is 35.6. The normalized spacial score (nSPS) is 12.8. The lowest BCUT2D eigenvalue weighted by Gasteiger charge is -2.26. The summed E-state index contributed by atoms with van der Waals surface area (Å²) in [5, 5.41) is 2.65. The van der Waals surface area contributed by atoms with Crippen LogP contribution in [0.15, 0.2) is 54.6 Å². The van der Waals surface area contributed by atoms with Crippen molar-refractivity contribution in [2.24, 2.45) is 0 Å². The van der Waals surface area contributed by atoms with Crippen LogP contribution < -0.4 is 5.32 Å². The zero-order valence-corrected chi connectivity index (χ0v) is 13.0. The molecule has 0 aromatic heterocycles. The molecule has 0 aliphatic carbocycles. The topological polar surface area (TPSA) is 29.1 Å². The molecule has 2 rings (SSSR count). The van der Waals surface area contributed by atoms with Gasteiger partial charge in [0.1, 0.15) is 11.9 Å². The van der Waals surface area contributed by atoms with Gasteiger partial charge < -0.3 is 5.32 Å². The molecule has 0 spiro atoms. The maximum absolute atomic E-state index is 13.0. The van der Waals surface area contributed by atoms with E-state index in [1.54, 1.807) is 30.3 Å². The molecule has 0 saturated heterocycles. The molecule has 0 heterocycles. The molecule has 0 unspecified atom stereocenters. The van der Waals surface area contributed by atoms with Crippen LogP contribution in [0.1, 0.15) is 22.0 Å². The van der Waals surface area contributed by atoms with Crippen molar-refractivity contribution in [3.63, 3.8) is 0 Å². The van der Waals surface area contributed by atoms with Gasteiger partial charge in [-0.25, -0.2) is 4.39 Å². The number of carbonyl (C=O) groups is 1. The number of alkyl halides is 3. The predicted octanol–water partition coefficient (Wildman–Crippen LogP) is 4.67. The smallest absolute Gasteiger partial charge is 0.251 e. The quantitative estimate of drug-likeness (QED) is 0.804. The van der Waals surface area contributed by atoms with E-state index in [0.717, 1.165) is 0 Å². The summed E-state index contributed by atoms with van der Waals surface area (Å²) >= 11 is 17.8. The number of halogens is 4. The second kappa shape index (κ2) is 6.65. The van der Waals surface area contributed by atoms with Crippen LogP contribution in [0.3, 0.4) is 0 Å². The summed E-state index contributed by atoms with van der Waals surface area (Å²) in [5.74, 6) is -0.785. The third-order valence-corrected chi connectivity index (χ3v) is 3.50. The van der Waals surface area contributed by atoms with Crippen LogP contribution in [0.2, 0.25) is 0 Å². The number of rotatable bonds is 3. The Balaban J connectivity index is 2.26. The highest BCUT2D eigenvalue weighted by Gasteiger charge is 2.35. The monoisotopic (exact) mass is 345 g/mol. The van der Waals surface area contributed by atoms with Gasteiger partial charge in [0.2, 0.25) is 3.79 Å². The second-order valence-electron chi connectivity index (χ2n) is 4.37. The first-order chi connectivity index (χ1) is 9.88. The summed E-state index contributed by atoms with van der Waals surface area (Å²) in [4.78, 5) is 12.2. The van der Waals surface area contributed by atoms with E-state index in [1.807, 2.05) is 0 Å². The van der Waals surface area contributed by atoms with Gasteiger partial charge in [-0.2, -0.15) is 0 Å². The van der Waals surface area contributed by atoms with Gasteiger partial charge in [-0.15, -0.1) is 0 Å². The van der Waals surface area contributed by atoms with Crippen LogP contribution >= 0.6 is 34.8 Å². The Kier molecular flexibility index (Phi) is 5.09. The first kappa shape index (κ1) is 16.1. The molecule has 0 saturated carbocycles. The van der Waals surface area contributed by atoms with Gasteiger partial charge in [-0.05, 0) is 29.8 Å². The van der Waals surface area contributed by atoms with Crippen molar-refractivity contribution in [1.29, 1.82) is 0 Å². The molecule has 6 heteroatoms. The SMILES string of the molecule is O=C(N[C@@H](c1ccc(F)cc1)C(Cl)(Cl)Cl)c1ccccc1. The van der Waals surface area contributed by atoms with Gasteiger partial charge in [0.05, 0.1) is 0 Å². The lowest BCUT2D eigenvalue weighted by atomic mass is 10.1. The minimum absolute atomic E-state index is 0.378. The molecule has 110 valence electrons. The summed E-state index contributed by atoms with van der Waals surface area (Å²) < 4.78 is 11.2. The van der Waals surface area contributed by atoms with Crippen molar-refractivity contribution in [3.8, 4) is 0 Å². The fourth-order valence-electron chi connectivity index (χ4n) is 1.81. The summed E-state index contributed by atoms with van der Waals surface area (Å²) in [5.41, 5.74) is 0.944. The van der Waals surface area contributed by atoms with E-state index in [4.69, 9.17) is 34.8 Å². The Morgan fingerprint density at radius 2 is 1.57 bits per heavy atom. The van der Waals surface area contributed by atoms with Crippen LogP contribution in [0.5, 0.6) is 0 Å². The molecule has 1 N–H and O–H groups in total. The number of hydrogen-bond acceptors (Lipinski definition) is 1. The third kappa shape index (κ3) is 4.34. The van der Waals surface area contributed by atoms with Crippen molar-refractivity contribution >= 4 is 40.7 Å². The summed E-state index contributed by atoms with van der Waals surface area (Å²) in [7, 11) is 0. The summed E-state index contributed by atoms with van der Waals surface area (Å²) in [6, 6.07) is 13.1. The molecule has 1 atom stereocenters. The Labute approximate surface area is 136 Å². The Bertz CT molecular complexity index is 611. The average molecular weight is 347 g/mol.